The fourth-order valence-electron chi connectivity index (χ4n) is 2.39. The maximum absolute atomic E-state index is 11.9. The first kappa shape index (κ1) is 14.1. The Labute approximate surface area is 127 Å². The van der Waals surface area contributed by atoms with E-state index in [-0.39, 0.29) is 0 Å². The van der Waals surface area contributed by atoms with Crippen molar-refractivity contribution in [3.8, 4) is 16.9 Å². The van der Waals surface area contributed by atoms with Crippen LogP contribution in [0.1, 0.15) is 5.56 Å². The summed E-state index contributed by atoms with van der Waals surface area (Å²) in [6, 6.07) is 14.8. The number of methoxy groups -OCH3 is 1. The predicted octanol–water partition coefficient (Wildman–Crippen LogP) is 3.01. The number of anilines is 2. The zero-order valence-corrected chi connectivity index (χ0v) is 12.3. The molecule has 0 saturated heterocycles. The Morgan fingerprint density at radius 2 is 1.59 bits per heavy atom. The van der Waals surface area contributed by atoms with Gasteiger partial charge in [0.25, 0.3) is 5.43 Å². The van der Waals surface area contributed by atoms with Crippen LogP contribution >= 0.6 is 0 Å². The van der Waals surface area contributed by atoms with Crippen molar-refractivity contribution in [3.63, 3.8) is 0 Å². The molecule has 0 aliphatic heterocycles. The molecule has 0 atom stereocenters. The van der Waals surface area contributed by atoms with Gasteiger partial charge in [-0.1, -0.05) is 42.0 Å². The number of ether oxygens (including phenoxy) is 1. The van der Waals surface area contributed by atoms with Crippen LogP contribution < -0.4 is 20.9 Å². The van der Waals surface area contributed by atoms with Gasteiger partial charge in [0.1, 0.15) is 11.4 Å². The molecule has 110 valence electrons. The number of nitrogens with one attached hydrogen (secondary N) is 1. The van der Waals surface area contributed by atoms with Gasteiger partial charge in [-0.3, -0.25) is 9.59 Å². The smallest absolute Gasteiger partial charge is 0.250 e. The van der Waals surface area contributed by atoms with E-state index in [1.807, 2.05) is 43.3 Å². The van der Waals surface area contributed by atoms with Gasteiger partial charge < -0.3 is 10.1 Å². The van der Waals surface area contributed by atoms with Crippen molar-refractivity contribution in [3.05, 3.63) is 74.5 Å². The Balaban J connectivity index is 2.03. The summed E-state index contributed by atoms with van der Waals surface area (Å²) in [6.45, 7) is 1.97. The highest BCUT2D eigenvalue weighted by molar-refractivity contribution is 5.85. The highest BCUT2D eigenvalue weighted by atomic mass is 16.5. The molecule has 4 nitrogen and oxygen atoms in total. The van der Waals surface area contributed by atoms with E-state index in [2.05, 4.69) is 5.32 Å². The third kappa shape index (κ3) is 2.29. The molecule has 0 bridgehead atoms. The van der Waals surface area contributed by atoms with Gasteiger partial charge in [-0.25, -0.2) is 0 Å². The molecule has 0 amide bonds. The lowest BCUT2D eigenvalue weighted by Crippen LogP contribution is -2.35. The Morgan fingerprint density at radius 1 is 0.909 bits per heavy atom. The lowest BCUT2D eigenvalue weighted by atomic mass is 9.97. The minimum absolute atomic E-state index is 0.318. The Morgan fingerprint density at radius 3 is 2.27 bits per heavy atom. The Bertz CT molecular complexity index is 888. The number of benzene rings is 2. The van der Waals surface area contributed by atoms with Gasteiger partial charge in [0.2, 0.25) is 5.43 Å². The molecule has 0 aliphatic carbocycles. The molecule has 22 heavy (non-hydrogen) atoms. The average Bonchev–Trinajstić information content (AvgIpc) is 2.56. The molecule has 1 N–H and O–H groups in total. The van der Waals surface area contributed by atoms with Gasteiger partial charge in [-0.05, 0) is 24.6 Å². The van der Waals surface area contributed by atoms with Crippen LogP contribution in [-0.2, 0) is 0 Å². The van der Waals surface area contributed by atoms with Crippen LogP contribution in [0.15, 0.2) is 58.1 Å². The fraction of sp³-hybridized carbons (Fsp3) is 0.111. The van der Waals surface area contributed by atoms with E-state index in [1.54, 1.807) is 19.2 Å². The molecule has 3 rings (SSSR count). The van der Waals surface area contributed by atoms with Crippen molar-refractivity contribution < 1.29 is 4.74 Å². The largest absolute Gasteiger partial charge is 0.495 e. The van der Waals surface area contributed by atoms with E-state index in [4.69, 9.17) is 4.74 Å². The highest BCUT2D eigenvalue weighted by Gasteiger charge is 2.22. The number of rotatable bonds is 4. The van der Waals surface area contributed by atoms with Crippen LogP contribution in [0.4, 0.5) is 11.4 Å². The van der Waals surface area contributed by atoms with E-state index in [9.17, 15) is 9.59 Å². The molecule has 3 aromatic carbocycles. The van der Waals surface area contributed by atoms with Gasteiger partial charge in [0, 0.05) is 0 Å². The fourth-order valence-corrected chi connectivity index (χ4v) is 2.39. The second-order valence-corrected chi connectivity index (χ2v) is 5.10. The lowest BCUT2D eigenvalue weighted by Gasteiger charge is -2.15. The number of hydrogen-bond donors (Lipinski definition) is 1. The first-order valence-electron chi connectivity index (χ1n) is 6.92. The number of aryl methyl sites for hydroxylation is 1. The normalized spacial score (nSPS) is 10.6. The first-order valence-corrected chi connectivity index (χ1v) is 6.92. The second kappa shape index (κ2) is 5.48. The van der Waals surface area contributed by atoms with Crippen LogP contribution in [0.25, 0.3) is 11.1 Å². The quantitative estimate of drug-likeness (QED) is 0.751. The summed E-state index contributed by atoms with van der Waals surface area (Å²) in [4.78, 5) is 23.8. The van der Waals surface area contributed by atoms with Gasteiger partial charge in [0.15, 0.2) is 0 Å². The molecular formula is C18H15NO3. The summed E-state index contributed by atoms with van der Waals surface area (Å²) in [5.74, 6) is 0.616. The van der Waals surface area contributed by atoms with Gasteiger partial charge in [-0.2, -0.15) is 0 Å². The van der Waals surface area contributed by atoms with Crippen molar-refractivity contribution in [1.82, 2.24) is 0 Å². The average molecular weight is 293 g/mol. The summed E-state index contributed by atoms with van der Waals surface area (Å²) >= 11 is 0. The Hall–Kier alpha value is -2.88. The van der Waals surface area contributed by atoms with E-state index in [1.165, 1.54) is 0 Å². The lowest BCUT2D eigenvalue weighted by molar-refractivity contribution is 0.417. The maximum atomic E-state index is 11.9. The predicted molar refractivity (Wildman–Crippen MR) is 87.8 cm³/mol. The maximum Gasteiger partial charge on any atom is 0.250 e. The summed E-state index contributed by atoms with van der Waals surface area (Å²) in [7, 11) is 1.56. The van der Waals surface area contributed by atoms with Crippen LogP contribution in [0.5, 0.6) is 5.75 Å². The minimum atomic E-state index is -0.499. The monoisotopic (exact) mass is 293 g/mol. The zero-order valence-electron chi connectivity index (χ0n) is 12.3. The first-order chi connectivity index (χ1) is 10.6. The topological polar surface area (TPSA) is 55.4 Å². The Kier molecular flexibility index (Phi) is 3.51. The molecule has 0 spiro atoms. The summed E-state index contributed by atoms with van der Waals surface area (Å²) in [6.07, 6.45) is 0. The SMILES string of the molecule is COc1ccccc1Nc1c(-c2ccc(C)cc2)c(=O)c1=O. The van der Waals surface area contributed by atoms with Crippen LogP contribution in [-0.4, -0.2) is 7.11 Å². The van der Waals surface area contributed by atoms with Gasteiger partial charge in [0.05, 0.1) is 18.4 Å². The minimum Gasteiger partial charge on any atom is -0.495 e. The van der Waals surface area contributed by atoms with Crippen molar-refractivity contribution in [2.45, 2.75) is 6.92 Å². The van der Waals surface area contributed by atoms with Crippen molar-refractivity contribution in [2.24, 2.45) is 0 Å². The highest BCUT2D eigenvalue weighted by Crippen LogP contribution is 2.30. The molecule has 0 aliphatic rings. The summed E-state index contributed by atoms with van der Waals surface area (Å²) in [5, 5.41) is 3.03. The van der Waals surface area contributed by atoms with Gasteiger partial charge in [-0.15, -0.1) is 0 Å². The zero-order chi connectivity index (χ0) is 15.7. The van der Waals surface area contributed by atoms with Crippen molar-refractivity contribution in [2.75, 3.05) is 12.4 Å². The van der Waals surface area contributed by atoms with E-state index in [0.29, 0.717) is 22.7 Å². The van der Waals surface area contributed by atoms with Crippen LogP contribution in [0, 0.1) is 6.92 Å². The molecule has 0 unspecified atom stereocenters. The molecule has 4 heteroatoms. The van der Waals surface area contributed by atoms with Crippen molar-refractivity contribution in [1.29, 1.82) is 0 Å². The molecule has 0 aromatic heterocycles. The molecule has 3 aromatic rings. The third-order valence-corrected chi connectivity index (χ3v) is 3.62. The van der Waals surface area contributed by atoms with E-state index in [0.717, 1.165) is 11.1 Å². The molecule has 0 fully saturated rings. The summed E-state index contributed by atoms with van der Waals surface area (Å²) < 4.78 is 5.25. The van der Waals surface area contributed by atoms with E-state index < -0.39 is 10.9 Å². The molecule has 0 saturated carbocycles. The van der Waals surface area contributed by atoms with Gasteiger partial charge >= 0.3 is 0 Å². The number of hydrogen-bond acceptors (Lipinski definition) is 4. The van der Waals surface area contributed by atoms with Crippen molar-refractivity contribution >= 4 is 11.4 Å². The molecule has 0 heterocycles. The van der Waals surface area contributed by atoms with Crippen LogP contribution in [0.2, 0.25) is 0 Å². The standard InChI is InChI=1S/C18H15NO3/c1-11-7-9-12(10-8-11)15-16(18(21)17(15)20)19-13-5-3-4-6-14(13)22-2/h3-10,19H,1-2H3. The molecular weight excluding hydrogens is 278 g/mol. The van der Waals surface area contributed by atoms with E-state index >= 15 is 0 Å². The third-order valence-electron chi connectivity index (χ3n) is 3.62. The summed E-state index contributed by atoms with van der Waals surface area (Å²) in [5.41, 5.74) is 2.29. The second-order valence-electron chi connectivity index (χ2n) is 5.10. The number of para-hydroxylation sites is 2. The van der Waals surface area contributed by atoms with Crippen LogP contribution in [0.3, 0.4) is 0 Å². The molecule has 0 radical (unpaired) electrons.